The van der Waals surface area contributed by atoms with Crippen LogP contribution in [0.25, 0.3) is 5.69 Å². The molecule has 4 nitrogen and oxygen atoms in total. The summed E-state index contributed by atoms with van der Waals surface area (Å²) in [5.41, 5.74) is 7.60. The molecule has 2 aromatic heterocycles. The molecule has 1 N–H and O–H groups in total. The molecule has 4 aromatic rings. The minimum atomic E-state index is -0.112. The number of hydrogen-bond acceptors (Lipinski definition) is 2. The van der Waals surface area contributed by atoms with E-state index in [1.54, 1.807) is 0 Å². The molecule has 5 rings (SSSR count). The first-order chi connectivity index (χ1) is 16.3. The van der Waals surface area contributed by atoms with E-state index in [-0.39, 0.29) is 12.1 Å². The highest BCUT2D eigenvalue weighted by Gasteiger charge is 2.42. The van der Waals surface area contributed by atoms with Crippen LogP contribution in [0.1, 0.15) is 40.3 Å². The van der Waals surface area contributed by atoms with Crippen LogP contribution < -0.4 is 10.2 Å². The quantitative estimate of drug-likeness (QED) is 0.294. The SMILES string of the molecule is Cc1ccc(Cl)cc1-n1c(C)cc(C2C(c3ccccn3)NC(=S)N2c2ccc(Cl)cc2)c1C. The van der Waals surface area contributed by atoms with E-state index < -0.39 is 0 Å². The molecule has 2 unspecified atom stereocenters. The number of nitrogens with zero attached hydrogens (tertiary/aromatic N) is 3. The minimum Gasteiger partial charge on any atom is -0.351 e. The summed E-state index contributed by atoms with van der Waals surface area (Å²) in [6.45, 7) is 6.38. The van der Waals surface area contributed by atoms with Gasteiger partial charge in [0.05, 0.1) is 17.8 Å². The van der Waals surface area contributed by atoms with E-state index in [1.807, 2.05) is 60.8 Å². The summed E-state index contributed by atoms with van der Waals surface area (Å²) < 4.78 is 2.27. The van der Waals surface area contributed by atoms with Crippen LogP contribution in [0.2, 0.25) is 10.0 Å². The van der Waals surface area contributed by atoms with Gasteiger partial charge >= 0.3 is 0 Å². The maximum atomic E-state index is 6.38. The maximum absolute atomic E-state index is 6.38. The number of hydrogen-bond donors (Lipinski definition) is 1. The summed E-state index contributed by atoms with van der Waals surface area (Å²) in [5, 5.41) is 5.59. The van der Waals surface area contributed by atoms with Crippen LogP contribution in [0, 0.1) is 20.8 Å². The van der Waals surface area contributed by atoms with Gasteiger partial charge in [-0.25, -0.2) is 0 Å². The normalized spacial score (nSPS) is 17.8. The zero-order valence-corrected chi connectivity index (χ0v) is 21.4. The third-order valence-electron chi connectivity index (χ3n) is 6.40. The summed E-state index contributed by atoms with van der Waals surface area (Å²) >= 11 is 18.4. The lowest BCUT2D eigenvalue weighted by Crippen LogP contribution is -2.29. The molecule has 0 amide bonds. The Labute approximate surface area is 215 Å². The highest BCUT2D eigenvalue weighted by atomic mass is 35.5. The second-order valence-electron chi connectivity index (χ2n) is 8.57. The van der Waals surface area contributed by atoms with Crippen LogP contribution in [0.15, 0.2) is 72.9 Å². The topological polar surface area (TPSA) is 33.1 Å². The van der Waals surface area contributed by atoms with Crippen LogP contribution in [0.5, 0.6) is 0 Å². The van der Waals surface area contributed by atoms with Gasteiger partial charge < -0.3 is 14.8 Å². The summed E-state index contributed by atoms with van der Waals surface area (Å²) in [5.74, 6) is 0. The first-order valence-electron chi connectivity index (χ1n) is 11.1. The Bertz CT molecular complexity index is 1370. The van der Waals surface area contributed by atoms with Crippen LogP contribution in [-0.4, -0.2) is 14.7 Å². The molecule has 0 spiro atoms. The maximum Gasteiger partial charge on any atom is 0.174 e. The average Bonchev–Trinajstić information content (AvgIpc) is 3.32. The molecule has 1 saturated heterocycles. The number of rotatable bonds is 4. The van der Waals surface area contributed by atoms with E-state index in [4.69, 9.17) is 35.4 Å². The van der Waals surface area contributed by atoms with Gasteiger partial charge in [0, 0.05) is 39.0 Å². The van der Waals surface area contributed by atoms with Crippen molar-refractivity contribution in [2.75, 3.05) is 4.90 Å². The van der Waals surface area contributed by atoms with Crippen molar-refractivity contribution in [1.82, 2.24) is 14.9 Å². The largest absolute Gasteiger partial charge is 0.351 e. The van der Waals surface area contributed by atoms with Gasteiger partial charge in [0.1, 0.15) is 0 Å². The number of aromatic nitrogens is 2. The molecule has 34 heavy (non-hydrogen) atoms. The number of anilines is 1. The Balaban J connectivity index is 1.70. The van der Waals surface area contributed by atoms with E-state index in [2.05, 4.69) is 52.7 Å². The van der Waals surface area contributed by atoms with Crippen molar-refractivity contribution in [3.8, 4) is 5.69 Å². The van der Waals surface area contributed by atoms with Crippen LogP contribution >= 0.6 is 35.4 Å². The van der Waals surface area contributed by atoms with Gasteiger partial charge in [0.2, 0.25) is 0 Å². The second kappa shape index (κ2) is 9.06. The number of benzene rings is 2. The fourth-order valence-electron chi connectivity index (χ4n) is 4.83. The molecule has 1 fully saturated rings. The number of halogens is 2. The smallest absolute Gasteiger partial charge is 0.174 e. The lowest BCUT2D eigenvalue weighted by atomic mass is 9.96. The van der Waals surface area contributed by atoms with Crippen LogP contribution in [0.3, 0.4) is 0 Å². The Kier molecular flexibility index (Phi) is 6.11. The summed E-state index contributed by atoms with van der Waals surface area (Å²) in [4.78, 5) is 6.83. The zero-order chi connectivity index (χ0) is 24.0. The van der Waals surface area contributed by atoms with Crippen molar-refractivity contribution in [2.45, 2.75) is 32.9 Å². The van der Waals surface area contributed by atoms with E-state index in [0.29, 0.717) is 15.2 Å². The Morgan fingerprint density at radius 3 is 2.35 bits per heavy atom. The zero-order valence-electron chi connectivity index (χ0n) is 19.1. The van der Waals surface area contributed by atoms with E-state index >= 15 is 0 Å². The first-order valence-corrected chi connectivity index (χ1v) is 12.2. The van der Waals surface area contributed by atoms with Crippen molar-refractivity contribution in [3.63, 3.8) is 0 Å². The van der Waals surface area contributed by atoms with Crippen LogP contribution in [0.4, 0.5) is 5.69 Å². The Morgan fingerprint density at radius 1 is 0.912 bits per heavy atom. The monoisotopic (exact) mass is 506 g/mol. The first kappa shape index (κ1) is 22.9. The van der Waals surface area contributed by atoms with E-state index in [1.165, 1.54) is 5.56 Å². The minimum absolute atomic E-state index is 0.0944. The summed E-state index contributed by atoms with van der Waals surface area (Å²) in [7, 11) is 0. The van der Waals surface area contributed by atoms with Gasteiger partial charge in [-0.1, -0.05) is 35.3 Å². The molecule has 0 bridgehead atoms. The van der Waals surface area contributed by atoms with Gasteiger partial charge in [-0.3, -0.25) is 4.98 Å². The van der Waals surface area contributed by atoms with Crippen molar-refractivity contribution in [1.29, 1.82) is 0 Å². The fraction of sp³-hybridized carbons (Fsp3) is 0.185. The number of nitrogens with one attached hydrogen (secondary N) is 1. The third kappa shape index (κ3) is 3.98. The second-order valence-corrected chi connectivity index (χ2v) is 9.83. The predicted molar refractivity (Wildman–Crippen MR) is 144 cm³/mol. The van der Waals surface area contributed by atoms with Crippen molar-refractivity contribution in [2.24, 2.45) is 0 Å². The molecular formula is C27H24Cl2N4S. The molecule has 172 valence electrons. The standard InChI is InChI=1S/C27H24Cl2N4S/c1-16-7-8-20(29)15-24(16)32-17(2)14-22(18(32)3)26-25(23-6-4-5-13-30-23)31-27(34)33(26)21-11-9-19(28)10-12-21/h4-15,25-26H,1-3H3,(H,31,34). The van der Waals surface area contributed by atoms with Gasteiger partial charge in [0.15, 0.2) is 5.11 Å². The highest BCUT2D eigenvalue weighted by molar-refractivity contribution is 7.80. The molecule has 0 saturated carbocycles. The molecule has 1 aliphatic rings. The lowest BCUT2D eigenvalue weighted by molar-refractivity contribution is 0.565. The Hall–Kier alpha value is -2.86. The van der Waals surface area contributed by atoms with Gasteiger partial charge in [0.25, 0.3) is 0 Å². The molecule has 0 aliphatic carbocycles. The van der Waals surface area contributed by atoms with Crippen molar-refractivity contribution in [3.05, 3.63) is 111 Å². The molecule has 7 heteroatoms. The molecule has 1 aliphatic heterocycles. The molecule has 3 heterocycles. The number of pyridine rings is 1. The van der Waals surface area contributed by atoms with E-state index in [0.717, 1.165) is 34.0 Å². The fourth-order valence-corrected chi connectivity index (χ4v) is 5.47. The van der Waals surface area contributed by atoms with Gasteiger partial charge in [-0.15, -0.1) is 0 Å². The molecule has 2 aromatic carbocycles. The molecule has 2 atom stereocenters. The number of thiocarbonyl (C=S) groups is 1. The summed E-state index contributed by atoms with van der Waals surface area (Å²) in [6.07, 6.45) is 1.82. The van der Waals surface area contributed by atoms with Gasteiger partial charge in [-0.2, -0.15) is 0 Å². The van der Waals surface area contributed by atoms with Crippen molar-refractivity contribution >= 4 is 46.2 Å². The summed E-state index contributed by atoms with van der Waals surface area (Å²) in [6, 6.07) is 21.8. The predicted octanol–water partition coefficient (Wildman–Crippen LogP) is 7.28. The van der Waals surface area contributed by atoms with Crippen LogP contribution in [-0.2, 0) is 0 Å². The van der Waals surface area contributed by atoms with Gasteiger partial charge in [-0.05, 0) is 98.7 Å². The van der Waals surface area contributed by atoms with Crippen molar-refractivity contribution < 1.29 is 0 Å². The molecular weight excluding hydrogens is 483 g/mol. The average molecular weight is 507 g/mol. The third-order valence-corrected chi connectivity index (χ3v) is 7.21. The number of aryl methyl sites for hydroxylation is 2. The lowest BCUT2D eigenvalue weighted by Gasteiger charge is -2.28. The Morgan fingerprint density at radius 2 is 1.65 bits per heavy atom. The molecule has 0 radical (unpaired) electrons. The van der Waals surface area contributed by atoms with E-state index in [9.17, 15) is 0 Å². The highest BCUT2D eigenvalue weighted by Crippen LogP contribution is 2.44.